The van der Waals surface area contributed by atoms with Gasteiger partial charge in [0, 0.05) is 23.7 Å². The predicted octanol–water partition coefficient (Wildman–Crippen LogP) is 5.53. The monoisotopic (exact) mass is 447 g/mol. The Balaban J connectivity index is 1.47. The van der Waals surface area contributed by atoms with Crippen molar-refractivity contribution in [2.75, 3.05) is 18.4 Å². The summed E-state index contributed by atoms with van der Waals surface area (Å²) in [5.74, 6) is 0.452. The highest BCUT2D eigenvalue weighted by Gasteiger charge is 2.29. The van der Waals surface area contributed by atoms with Crippen molar-refractivity contribution in [3.05, 3.63) is 88.1 Å². The normalized spacial score (nSPS) is 12.9. The molecule has 5 nitrogen and oxygen atoms in total. The third-order valence-electron chi connectivity index (χ3n) is 5.55. The van der Waals surface area contributed by atoms with Crippen molar-refractivity contribution in [1.82, 2.24) is 9.80 Å². The topological polar surface area (TPSA) is 52.7 Å². The largest absolute Gasteiger partial charge is 0.332 e. The summed E-state index contributed by atoms with van der Waals surface area (Å²) in [6.45, 7) is 3.75. The van der Waals surface area contributed by atoms with Gasteiger partial charge >= 0.3 is 6.03 Å². The molecule has 0 bridgehead atoms. The lowest BCUT2D eigenvalue weighted by Gasteiger charge is -2.28. The fourth-order valence-corrected chi connectivity index (χ4v) is 4.37. The van der Waals surface area contributed by atoms with Crippen LogP contribution in [0.3, 0.4) is 0 Å². The molecule has 0 radical (unpaired) electrons. The highest BCUT2D eigenvalue weighted by Crippen LogP contribution is 2.30. The molecule has 0 atom stereocenters. The number of anilines is 1. The molecule has 3 aromatic rings. The third-order valence-corrected chi connectivity index (χ3v) is 6.42. The second-order valence-corrected chi connectivity index (χ2v) is 9.47. The van der Waals surface area contributed by atoms with Crippen LogP contribution < -0.4 is 5.32 Å². The molecule has 0 unspecified atom stereocenters. The summed E-state index contributed by atoms with van der Waals surface area (Å²) in [4.78, 5) is 31.1. The van der Waals surface area contributed by atoms with Gasteiger partial charge in [-0.05, 0) is 60.4 Å². The van der Waals surface area contributed by atoms with Crippen LogP contribution in [0.25, 0.3) is 0 Å². The van der Waals surface area contributed by atoms with Crippen LogP contribution in [0.2, 0.25) is 0 Å². The zero-order valence-corrected chi connectivity index (χ0v) is 19.2. The van der Waals surface area contributed by atoms with E-state index in [2.05, 4.69) is 5.32 Å². The summed E-state index contributed by atoms with van der Waals surface area (Å²) in [6, 6.07) is 21.6. The van der Waals surface area contributed by atoms with Gasteiger partial charge in [-0.1, -0.05) is 48.5 Å². The number of benzene rings is 2. The molecule has 0 saturated heterocycles. The summed E-state index contributed by atoms with van der Waals surface area (Å²) in [5, 5.41) is 5.00. The summed E-state index contributed by atoms with van der Waals surface area (Å²) in [7, 11) is 0. The summed E-state index contributed by atoms with van der Waals surface area (Å²) < 4.78 is 0. The smallest absolute Gasteiger partial charge is 0.322 e. The first kappa shape index (κ1) is 22.1. The molecule has 1 aliphatic carbocycles. The van der Waals surface area contributed by atoms with Crippen molar-refractivity contribution >= 4 is 29.0 Å². The SMILES string of the molecule is Cc1cccc(NC(=O)N(CC(=O)N(Cc2ccccc2)Cc2cccs2)CC2CC2)c1. The summed E-state index contributed by atoms with van der Waals surface area (Å²) >= 11 is 1.64. The molecule has 0 aliphatic heterocycles. The minimum absolute atomic E-state index is 0.0395. The van der Waals surface area contributed by atoms with E-state index in [1.165, 1.54) is 0 Å². The second kappa shape index (κ2) is 10.5. The number of nitrogens with zero attached hydrogens (tertiary/aromatic N) is 2. The van der Waals surface area contributed by atoms with E-state index in [1.807, 2.05) is 83.9 Å². The number of urea groups is 1. The van der Waals surface area contributed by atoms with Gasteiger partial charge in [0.05, 0.1) is 6.54 Å². The molecule has 1 N–H and O–H groups in total. The van der Waals surface area contributed by atoms with Gasteiger partial charge in [-0.15, -0.1) is 11.3 Å². The molecule has 1 aromatic heterocycles. The van der Waals surface area contributed by atoms with Gasteiger partial charge < -0.3 is 15.1 Å². The van der Waals surface area contributed by atoms with E-state index in [4.69, 9.17) is 0 Å². The van der Waals surface area contributed by atoms with Crippen LogP contribution in [0.15, 0.2) is 72.1 Å². The molecular weight excluding hydrogens is 418 g/mol. The van der Waals surface area contributed by atoms with E-state index in [9.17, 15) is 9.59 Å². The fourth-order valence-electron chi connectivity index (χ4n) is 3.65. The number of hydrogen-bond donors (Lipinski definition) is 1. The number of carbonyl (C=O) groups excluding carboxylic acids is 2. The van der Waals surface area contributed by atoms with Gasteiger partial charge in [0.2, 0.25) is 5.91 Å². The lowest BCUT2D eigenvalue weighted by Crippen LogP contribution is -2.45. The van der Waals surface area contributed by atoms with Crippen LogP contribution >= 0.6 is 11.3 Å². The van der Waals surface area contributed by atoms with E-state index < -0.39 is 0 Å². The van der Waals surface area contributed by atoms with Gasteiger partial charge in [-0.2, -0.15) is 0 Å². The van der Waals surface area contributed by atoms with Gasteiger partial charge in [0.25, 0.3) is 0 Å². The van der Waals surface area contributed by atoms with Crippen LogP contribution in [-0.4, -0.2) is 34.8 Å². The molecule has 1 heterocycles. The van der Waals surface area contributed by atoms with E-state index in [0.717, 1.165) is 34.5 Å². The Morgan fingerprint density at radius 2 is 1.78 bits per heavy atom. The van der Waals surface area contributed by atoms with E-state index >= 15 is 0 Å². The van der Waals surface area contributed by atoms with Crippen LogP contribution in [0.5, 0.6) is 0 Å². The van der Waals surface area contributed by atoms with Gasteiger partial charge in [0.15, 0.2) is 0 Å². The molecule has 1 aliphatic rings. The lowest BCUT2D eigenvalue weighted by atomic mass is 10.2. The zero-order valence-electron chi connectivity index (χ0n) is 18.4. The van der Waals surface area contributed by atoms with Crippen molar-refractivity contribution in [1.29, 1.82) is 0 Å². The predicted molar refractivity (Wildman–Crippen MR) is 130 cm³/mol. The number of carbonyl (C=O) groups is 2. The maximum atomic E-state index is 13.4. The summed E-state index contributed by atoms with van der Waals surface area (Å²) in [6.07, 6.45) is 2.23. The average molecular weight is 448 g/mol. The molecule has 166 valence electrons. The highest BCUT2D eigenvalue weighted by molar-refractivity contribution is 7.09. The molecule has 0 spiro atoms. The Hall–Kier alpha value is -3.12. The van der Waals surface area contributed by atoms with Crippen molar-refractivity contribution in [3.63, 3.8) is 0 Å². The Morgan fingerprint density at radius 1 is 0.969 bits per heavy atom. The third kappa shape index (κ3) is 6.44. The Morgan fingerprint density at radius 3 is 2.47 bits per heavy atom. The molecular formula is C26H29N3O2S. The Bertz CT molecular complexity index is 1030. The molecule has 2 aromatic carbocycles. The van der Waals surface area contributed by atoms with Gasteiger partial charge in [0.1, 0.15) is 6.54 Å². The van der Waals surface area contributed by atoms with Crippen molar-refractivity contribution < 1.29 is 9.59 Å². The van der Waals surface area contributed by atoms with E-state index in [1.54, 1.807) is 16.2 Å². The van der Waals surface area contributed by atoms with Crippen molar-refractivity contribution in [3.8, 4) is 0 Å². The maximum absolute atomic E-state index is 13.4. The number of aryl methyl sites for hydroxylation is 1. The molecule has 3 amide bonds. The van der Waals surface area contributed by atoms with Gasteiger partial charge in [-0.25, -0.2) is 4.79 Å². The van der Waals surface area contributed by atoms with Crippen LogP contribution in [0.4, 0.5) is 10.5 Å². The Labute approximate surface area is 193 Å². The number of nitrogens with one attached hydrogen (secondary N) is 1. The van der Waals surface area contributed by atoms with Crippen LogP contribution in [0, 0.1) is 12.8 Å². The molecule has 1 saturated carbocycles. The first-order valence-electron chi connectivity index (χ1n) is 11.0. The minimum Gasteiger partial charge on any atom is -0.332 e. The molecule has 32 heavy (non-hydrogen) atoms. The average Bonchev–Trinajstić information content (AvgIpc) is 3.45. The summed E-state index contributed by atoms with van der Waals surface area (Å²) in [5.41, 5.74) is 2.91. The van der Waals surface area contributed by atoms with E-state index in [-0.39, 0.29) is 18.5 Å². The number of thiophene rings is 1. The van der Waals surface area contributed by atoms with Crippen LogP contribution in [-0.2, 0) is 17.9 Å². The Kier molecular flexibility index (Phi) is 7.22. The molecule has 6 heteroatoms. The number of amides is 3. The highest BCUT2D eigenvalue weighted by atomic mass is 32.1. The van der Waals surface area contributed by atoms with Gasteiger partial charge in [-0.3, -0.25) is 4.79 Å². The fraction of sp³-hybridized carbons (Fsp3) is 0.308. The lowest BCUT2D eigenvalue weighted by molar-refractivity contribution is -0.133. The quantitative estimate of drug-likeness (QED) is 0.469. The van der Waals surface area contributed by atoms with E-state index in [0.29, 0.717) is 25.6 Å². The minimum atomic E-state index is -0.216. The second-order valence-electron chi connectivity index (χ2n) is 8.44. The maximum Gasteiger partial charge on any atom is 0.322 e. The zero-order chi connectivity index (χ0) is 22.3. The van der Waals surface area contributed by atoms with Crippen molar-refractivity contribution in [2.45, 2.75) is 32.9 Å². The molecule has 1 fully saturated rings. The first-order valence-corrected chi connectivity index (χ1v) is 11.9. The number of hydrogen-bond acceptors (Lipinski definition) is 3. The molecule has 4 rings (SSSR count). The van der Waals surface area contributed by atoms with Crippen LogP contribution in [0.1, 0.15) is 28.8 Å². The number of rotatable bonds is 9. The first-order chi connectivity index (χ1) is 15.6. The standard InChI is InChI=1S/C26H29N3O2S/c1-20-7-5-10-23(15-20)27-26(31)29(17-22-12-13-22)19-25(30)28(18-24-11-6-14-32-24)16-21-8-3-2-4-9-21/h2-11,14-15,22H,12-13,16-19H2,1H3,(H,27,31). The van der Waals surface area contributed by atoms with Crippen molar-refractivity contribution in [2.24, 2.45) is 5.92 Å².